The third kappa shape index (κ3) is 2.85. The first-order chi connectivity index (χ1) is 9.84. The fourth-order valence-corrected chi connectivity index (χ4v) is 4.48. The Balaban J connectivity index is 1.63. The molecule has 2 N–H and O–H groups in total. The topological polar surface area (TPSA) is 45.4 Å². The molecule has 112 valence electrons. The van der Waals surface area contributed by atoms with E-state index in [1.165, 1.54) is 43.7 Å². The normalized spacial score (nSPS) is 24.6. The molecule has 1 aromatic heterocycles. The van der Waals surface area contributed by atoms with Crippen molar-refractivity contribution in [3.8, 4) is 0 Å². The summed E-state index contributed by atoms with van der Waals surface area (Å²) in [5.74, 6) is 0. The molecule has 2 aliphatic rings. The van der Waals surface area contributed by atoms with E-state index in [2.05, 4.69) is 20.2 Å². The van der Waals surface area contributed by atoms with E-state index in [0.29, 0.717) is 0 Å². The Morgan fingerprint density at radius 1 is 1.10 bits per heavy atom. The summed E-state index contributed by atoms with van der Waals surface area (Å²) >= 11 is 1.75. The van der Waals surface area contributed by atoms with Crippen LogP contribution in [-0.4, -0.2) is 48.1 Å². The lowest BCUT2D eigenvalue weighted by atomic mass is 9.87. The van der Waals surface area contributed by atoms with Crippen molar-refractivity contribution < 1.29 is 0 Å². The highest BCUT2D eigenvalue weighted by Gasteiger charge is 2.37. The molecule has 0 radical (unpaired) electrons. The van der Waals surface area contributed by atoms with E-state index >= 15 is 0 Å². The third-order valence-electron chi connectivity index (χ3n) is 5.05. The van der Waals surface area contributed by atoms with Gasteiger partial charge in [0.2, 0.25) is 0 Å². The van der Waals surface area contributed by atoms with Crippen LogP contribution in [0.1, 0.15) is 38.5 Å². The molecule has 1 saturated carbocycles. The maximum absolute atomic E-state index is 6.20. The summed E-state index contributed by atoms with van der Waals surface area (Å²) in [5.41, 5.74) is 6.49. The van der Waals surface area contributed by atoms with E-state index in [4.69, 9.17) is 5.73 Å². The van der Waals surface area contributed by atoms with Crippen LogP contribution < -0.4 is 10.6 Å². The van der Waals surface area contributed by atoms with E-state index in [9.17, 15) is 0 Å². The van der Waals surface area contributed by atoms with Crippen LogP contribution in [0.3, 0.4) is 0 Å². The van der Waals surface area contributed by atoms with Gasteiger partial charge in [0.25, 0.3) is 0 Å². The van der Waals surface area contributed by atoms with Crippen LogP contribution in [0, 0.1) is 0 Å². The van der Waals surface area contributed by atoms with Crippen LogP contribution in [-0.2, 0) is 0 Å². The minimum absolute atomic E-state index is 0.283. The SMILES string of the molecule is NCC1(N2CCN(c3nccs3)CC2)CCCCCC1. The molecular formula is C15H26N4S. The zero-order chi connectivity index (χ0) is 13.8. The van der Waals surface area contributed by atoms with Crippen molar-refractivity contribution in [2.24, 2.45) is 5.73 Å². The molecule has 1 aromatic rings. The van der Waals surface area contributed by atoms with Gasteiger partial charge in [-0.3, -0.25) is 4.90 Å². The molecule has 0 aromatic carbocycles. The Hall–Kier alpha value is -0.650. The van der Waals surface area contributed by atoms with Crippen LogP contribution in [0.15, 0.2) is 11.6 Å². The number of nitrogens with zero attached hydrogens (tertiary/aromatic N) is 3. The van der Waals surface area contributed by atoms with Crippen molar-refractivity contribution in [3.63, 3.8) is 0 Å². The molecule has 1 aliphatic carbocycles. The number of anilines is 1. The van der Waals surface area contributed by atoms with E-state index in [1.807, 2.05) is 6.20 Å². The molecule has 2 fully saturated rings. The molecule has 0 spiro atoms. The van der Waals surface area contributed by atoms with Gasteiger partial charge in [0.15, 0.2) is 5.13 Å². The maximum Gasteiger partial charge on any atom is 0.185 e. The molecule has 3 rings (SSSR count). The number of aromatic nitrogens is 1. The quantitative estimate of drug-likeness (QED) is 0.869. The highest BCUT2D eigenvalue weighted by Crippen LogP contribution is 2.33. The predicted molar refractivity (Wildman–Crippen MR) is 85.4 cm³/mol. The summed E-state index contributed by atoms with van der Waals surface area (Å²) < 4.78 is 0. The van der Waals surface area contributed by atoms with Gasteiger partial charge in [0.1, 0.15) is 0 Å². The number of thiazole rings is 1. The van der Waals surface area contributed by atoms with Crippen LogP contribution in [0.5, 0.6) is 0 Å². The zero-order valence-electron chi connectivity index (χ0n) is 12.3. The first-order valence-corrected chi connectivity index (χ1v) is 8.82. The number of nitrogens with two attached hydrogens (primary N) is 1. The molecule has 20 heavy (non-hydrogen) atoms. The predicted octanol–water partition coefficient (Wildman–Crippen LogP) is 2.32. The van der Waals surface area contributed by atoms with Crippen LogP contribution in [0.2, 0.25) is 0 Å². The summed E-state index contributed by atoms with van der Waals surface area (Å²) in [5, 5.41) is 3.24. The number of hydrogen-bond donors (Lipinski definition) is 1. The average molecular weight is 294 g/mol. The van der Waals surface area contributed by atoms with Gasteiger partial charge in [0.05, 0.1) is 0 Å². The van der Waals surface area contributed by atoms with Gasteiger partial charge in [-0.1, -0.05) is 25.7 Å². The lowest BCUT2D eigenvalue weighted by Crippen LogP contribution is -2.60. The second-order valence-corrected chi connectivity index (χ2v) is 7.00. The lowest BCUT2D eigenvalue weighted by Gasteiger charge is -2.47. The molecule has 0 atom stereocenters. The fraction of sp³-hybridized carbons (Fsp3) is 0.800. The molecule has 0 amide bonds. The van der Waals surface area contributed by atoms with E-state index in [-0.39, 0.29) is 5.54 Å². The summed E-state index contributed by atoms with van der Waals surface area (Å²) in [6.07, 6.45) is 9.97. The van der Waals surface area contributed by atoms with Crippen molar-refractivity contribution >= 4 is 16.5 Å². The molecule has 0 bridgehead atoms. The van der Waals surface area contributed by atoms with E-state index in [1.54, 1.807) is 11.3 Å². The second kappa shape index (κ2) is 6.41. The zero-order valence-corrected chi connectivity index (χ0v) is 13.1. The Kier molecular flexibility index (Phi) is 4.58. The number of piperazine rings is 1. The van der Waals surface area contributed by atoms with Crippen LogP contribution in [0.4, 0.5) is 5.13 Å². The van der Waals surface area contributed by atoms with Gasteiger partial charge in [-0.05, 0) is 12.8 Å². The van der Waals surface area contributed by atoms with Gasteiger partial charge in [-0.25, -0.2) is 4.98 Å². The largest absolute Gasteiger partial charge is 0.346 e. The molecule has 1 saturated heterocycles. The minimum atomic E-state index is 0.283. The summed E-state index contributed by atoms with van der Waals surface area (Å²) in [7, 11) is 0. The molecule has 5 heteroatoms. The lowest BCUT2D eigenvalue weighted by molar-refractivity contribution is 0.0718. The third-order valence-corrected chi connectivity index (χ3v) is 5.89. The van der Waals surface area contributed by atoms with Crippen LogP contribution >= 0.6 is 11.3 Å². The fourth-order valence-electron chi connectivity index (χ4n) is 3.78. The van der Waals surface area contributed by atoms with E-state index < -0.39 is 0 Å². The van der Waals surface area contributed by atoms with Crippen molar-refractivity contribution in [1.29, 1.82) is 0 Å². The molecule has 1 aliphatic heterocycles. The minimum Gasteiger partial charge on any atom is -0.346 e. The Labute approximate surface area is 126 Å². The standard InChI is InChI=1S/C15H26N4S/c16-13-15(5-3-1-2-4-6-15)19-10-8-18(9-11-19)14-17-7-12-20-14/h7,12H,1-6,8-11,13,16H2. The Bertz CT molecular complexity index is 390. The molecule has 2 heterocycles. The van der Waals surface area contributed by atoms with Crippen molar-refractivity contribution in [2.45, 2.75) is 44.1 Å². The first-order valence-electron chi connectivity index (χ1n) is 7.94. The molecule has 4 nitrogen and oxygen atoms in total. The smallest absolute Gasteiger partial charge is 0.185 e. The maximum atomic E-state index is 6.20. The van der Waals surface area contributed by atoms with Gasteiger partial charge in [-0.2, -0.15) is 0 Å². The number of hydrogen-bond acceptors (Lipinski definition) is 5. The number of rotatable bonds is 3. The van der Waals surface area contributed by atoms with Gasteiger partial charge < -0.3 is 10.6 Å². The van der Waals surface area contributed by atoms with Gasteiger partial charge in [0, 0.05) is 49.8 Å². The van der Waals surface area contributed by atoms with Crippen molar-refractivity contribution in [1.82, 2.24) is 9.88 Å². The first kappa shape index (κ1) is 14.3. The molecule has 0 unspecified atom stereocenters. The highest BCUT2D eigenvalue weighted by molar-refractivity contribution is 7.13. The monoisotopic (exact) mass is 294 g/mol. The van der Waals surface area contributed by atoms with E-state index in [0.717, 1.165) is 32.7 Å². The van der Waals surface area contributed by atoms with Crippen LogP contribution in [0.25, 0.3) is 0 Å². The summed E-state index contributed by atoms with van der Waals surface area (Å²) in [6.45, 7) is 5.28. The van der Waals surface area contributed by atoms with Crippen molar-refractivity contribution in [3.05, 3.63) is 11.6 Å². The highest BCUT2D eigenvalue weighted by atomic mass is 32.1. The Morgan fingerprint density at radius 3 is 2.35 bits per heavy atom. The Morgan fingerprint density at radius 2 is 1.80 bits per heavy atom. The average Bonchev–Trinajstić information content (AvgIpc) is 2.93. The summed E-state index contributed by atoms with van der Waals surface area (Å²) in [6, 6.07) is 0. The van der Waals surface area contributed by atoms with Crippen molar-refractivity contribution in [2.75, 3.05) is 37.6 Å². The second-order valence-electron chi connectivity index (χ2n) is 6.13. The molecular weight excluding hydrogens is 268 g/mol. The van der Waals surface area contributed by atoms with Gasteiger partial charge in [-0.15, -0.1) is 11.3 Å². The summed E-state index contributed by atoms with van der Waals surface area (Å²) in [4.78, 5) is 9.53. The van der Waals surface area contributed by atoms with Gasteiger partial charge >= 0.3 is 0 Å².